The molecule has 1 aromatic carbocycles. The van der Waals surface area contributed by atoms with Gasteiger partial charge in [0.25, 0.3) is 10.0 Å². The molecule has 0 aliphatic rings. The average molecular weight is 322 g/mol. The van der Waals surface area contributed by atoms with Crippen LogP contribution in [0.2, 0.25) is 10.2 Å². The van der Waals surface area contributed by atoms with Crippen LogP contribution in [0.3, 0.4) is 0 Å². The predicted molar refractivity (Wildman–Crippen MR) is 69.3 cm³/mol. The van der Waals surface area contributed by atoms with Gasteiger partial charge in [0, 0.05) is 12.4 Å². The molecule has 0 radical (unpaired) electrons. The lowest BCUT2D eigenvalue weighted by atomic mass is 10.3. The molecular formula is C10H6Cl2FN3O2S. The summed E-state index contributed by atoms with van der Waals surface area (Å²) in [5.41, 5.74) is 0. The van der Waals surface area contributed by atoms with Crippen molar-refractivity contribution in [1.29, 1.82) is 0 Å². The van der Waals surface area contributed by atoms with Gasteiger partial charge in [-0.15, -0.1) is 0 Å². The Kier molecular flexibility index (Phi) is 3.88. The molecule has 0 spiro atoms. The summed E-state index contributed by atoms with van der Waals surface area (Å²) in [7, 11) is -4.10. The molecule has 100 valence electrons. The van der Waals surface area contributed by atoms with E-state index in [2.05, 4.69) is 14.7 Å². The zero-order valence-electron chi connectivity index (χ0n) is 9.14. The molecule has 9 heteroatoms. The monoisotopic (exact) mass is 321 g/mol. The van der Waals surface area contributed by atoms with E-state index in [4.69, 9.17) is 23.2 Å². The maximum Gasteiger partial charge on any atom is 0.264 e. The highest BCUT2D eigenvalue weighted by atomic mass is 35.5. The molecule has 0 aliphatic heterocycles. The minimum Gasteiger partial charge on any atom is -0.261 e. The van der Waals surface area contributed by atoms with Crippen molar-refractivity contribution in [2.24, 2.45) is 0 Å². The smallest absolute Gasteiger partial charge is 0.261 e. The number of nitrogens with one attached hydrogen (secondary N) is 1. The van der Waals surface area contributed by atoms with Gasteiger partial charge in [-0.05, 0) is 18.2 Å². The van der Waals surface area contributed by atoms with Crippen LogP contribution in [-0.2, 0) is 10.0 Å². The summed E-state index contributed by atoms with van der Waals surface area (Å²) >= 11 is 11.4. The van der Waals surface area contributed by atoms with E-state index in [1.165, 1.54) is 12.4 Å². The standard InChI is InChI=1S/C10H6Cl2FN3O2S/c11-7-2-1-6(13)5-8(7)19(17,18)16-10-9(12)14-3-4-15-10/h1-5H,(H,15,16). The van der Waals surface area contributed by atoms with Gasteiger partial charge in [0.15, 0.2) is 11.0 Å². The Labute approximate surface area is 118 Å². The summed E-state index contributed by atoms with van der Waals surface area (Å²) in [6, 6.07) is 3.00. The van der Waals surface area contributed by atoms with Crippen LogP contribution < -0.4 is 4.72 Å². The molecule has 0 bridgehead atoms. The lowest BCUT2D eigenvalue weighted by molar-refractivity contribution is 0.595. The molecule has 0 fully saturated rings. The molecule has 1 N–H and O–H groups in total. The van der Waals surface area contributed by atoms with Gasteiger partial charge in [-0.25, -0.2) is 22.8 Å². The average Bonchev–Trinajstić information content (AvgIpc) is 2.35. The van der Waals surface area contributed by atoms with Crippen LogP contribution in [0.5, 0.6) is 0 Å². The number of hydrogen-bond donors (Lipinski definition) is 1. The number of anilines is 1. The number of nitrogens with zero attached hydrogens (tertiary/aromatic N) is 2. The SMILES string of the molecule is O=S(=O)(Nc1nccnc1Cl)c1cc(F)ccc1Cl. The lowest BCUT2D eigenvalue weighted by Crippen LogP contribution is -2.15. The molecule has 0 saturated heterocycles. The fraction of sp³-hybridized carbons (Fsp3) is 0. The van der Waals surface area contributed by atoms with E-state index in [0.29, 0.717) is 0 Å². The van der Waals surface area contributed by atoms with Gasteiger partial charge in [-0.3, -0.25) is 4.72 Å². The Bertz CT molecular complexity index is 724. The molecule has 5 nitrogen and oxygen atoms in total. The molecule has 2 aromatic rings. The lowest BCUT2D eigenvalue weighted by Gasteiger charge is -2.09. The van der Waals surface area contributed by atoms with Crippen molar-refractivity contribution in [3.8, 4) is 0 Å². The topological polar surface area (TPSA) is 72.0 Å². The molecule has 0 unspecified atom stereocenters. The Morgan fingerprint density at radius 3 is 2.53 bits per heavy atom. The Morgan fingerprint density at radius 2 is 1.84 bits per heavy atom. The van der Waals surface area contributed by atoms with Crippen LogP contribution in [0.1, 0.15) is 0 Å². The highest BCUT2D eigenvalue weighted by Crippen LogP contribution is 2.25. The van der Waals surface area contributed by atoms with E-state index in [-0.39, 0.29) is 16.0 Å². The first-order chi connectivity index (χ1) is 8.90. The van der Waals surface area contributed by atoms with Crippen LogP contribution >= 0.6 is 23.2 Å². The van der Waals surface area contributed by atoms with Crippen molar-refractivity contribution in [1.82, 2.24) is 9.97 Å². The number of rotatable bonds is 3. The van der Waals surface area contributed by atoms with E-state index < -0.39 is 20.7 Å². The molecule has 0 atom stereocenters. The van der Waals surface area contributed by atoms with Gasteiger partial charge < -0.3 is 0 Å². The van der Waals surface area contributed by atoms with Crippen molar-refractivity contribution in [3.05, 3.63) is 46.6 Å². The van der Waals surface area contributed by atoms with Gasteiger partial charge in [0.2, 0.25) is 0 Å². The predicted octanol–water partition coefficient (Wildman–Crippen LogP) is 2.72. The molecule has 19 heavy (non-hydrogen) atoms. The van der Waals surface area contributed by atoms with Gasteiger partial charge in [-0.1, -0.05) is 23.2 Å². The largest absolute Gasteiger partial charge is 0.264 e. The maximum atomic E-state index is 13.1. The van der Waals surface area contributed by atoms with Crippen LogP contribution in [-0.4, -0.2) is 18.4 Å². The van der Waals surface area contributed by atoms with E-state index in [0.717, 1.165) is 18.2 Å². The molecule has 0 amide bonds. The highest BCUT2D eigenvalue weighted by molar-refractivity contribution is 7.92. The van der Waals surface area contributed by atoms with Gasteiger partial charge in [-0.2, -0.15) is 0 Å². The van der Waals surface area contributed by atoms with Crippen molar-refractivity contribution >= 4 is 39.0 Å². The van der Waals surface area contributed by atoms with E-state index in [1.54, 1.807) is 0 Å². The first-order valence-corrected chi connectivity index (χ1v) is 7.08. The minimum absolute atomic E-state index is 0.117. The first kappa shape index (κ1) is 14.0. The summed E-state index contributed by atoms with van der Waals surface area (Å²) in [4.78, 5) is 6.98. The maximum absolute atomic E-state index is 13.1. The third-order valence-corrected chi connectivity index (χ3v) is 4.16. The van der Waals surface area contributed by atoms with Gasteiger partial charge in [0.05, 0.1) is 5.02 Å². The third-order valence-electron chi connectivity index (χ3n) is 2.07. The van der Waals surface area contributed by atoms with Crippen molar-refractivity contribution in [2.45, 2.75) is 4.90 Å². The third kappa shape index (κ3) is 3.12. The van der Waals surface area contributed by atoms with Crippen molar-refractivity contribution in [2.75, 3.05) is 4.72 Å². The summed E-state index contributed by atoms with van der Waals surface area (Å²) < 4.78 is 39.3. The van der Waals surface area contributed by atoms with Crippen LogP contribution in [0.4, 0.5) is 10.2 Å². The number of benzene rings is 1. The van der Waals surface area contributed by atoms with Gasteiger partial charge >= 0.3 is 0 Å². The quantitative estimate of drug-likeness (QED) is 0.943. The molecule has 1 heterocycles. The molecule has 0 aliphatic carbocycles. The number of hydrogen-bond acceptors (Lipinski definition) is 4. The Hall–Kier alpha value is -1.44. The van der Waals surface area contributed by atoms with Crippen LogP contribution in [0, 0.1) is 5.82 Å². The van der Waals surface area contributed by atoms with E-state index in [1.807, 2.05) is 0 Å². The van der Waals surface area contributed by atoms with Crippen molar-refractivity contribution in [3.63, 3.8) is 0 Å². The molecule has 1 aromatic heterocycles. The second-order valence-electron chi connectivity index (χ2n) is 3.38. The molecule has 0 saturated carbocycles. The summed E-state index contributed by atoms with van der Waals surface area (Å²) in [5, 5.41) is -0.243. The second kappa shape index (κ2) is 5.28. The zero-order chi connectivity index (χ0) is 14.0. The highest BCUT2D eigenvalue weighted by Gasteiger charge is 2.20. The normalized spacial score (nSPS) is 11.3. The van der Waals surface area contributed by atoms with Gasteiger partial charge in [0.1, 0.15) is 10.7 Å². The number of aromatic nitrogens is 2. The fourth-order valence-electron chi connectivity index (χ4n) is 1.25. The first-order valence-electron chi connectivity index (χ1n) is 4.84. The Morgan fingerprint density at radius 1 is 1.16 bits per heavy atom. The summed E-state index contributed by atoms with van der Waals surface area (Å²) in [5.74, 6) is -0.889. The molecular weight excluding hydrogens is 316 g/mol. The van der Waals surface area contributed by atoms with E-state index >= 15 is 0 Å². The van der Waals surface area contributed by atoms with E-state index in [9.17, 15) is 12.8 Å². The van der Waals surface area contributed by atoms with Crippen molar-refractivity contribution < 1.29 is 12.8 Å². The fourth-order valence-corrected chi connectivity index (χ4v) is 2.99. The minimum atomic E-state index is -4.10. The molecule has 2 rings (SSSR count). The summed E-state index contributed by atoms with van der Waals surface area (Å²) in [6.07, 6.45) is 2.56. The van der Waals surface area contributed by atoms with Crippen LogP contribution in [0.15, 0.2) is 35.5 Å². The zero-order valence-corrected chi connectivity index (χ0v) is 11.5. The number of sulfonamides is 1. The van der Waals surface area contributed by atoms with Crippen LogP contribution in [0.25, 0.3) is 0 Å². The second-order valence-corrected chi connectivity index (χ2v) is 5.79. The Balaban J connectivity index is 2.44. The summed E-state index contributed by atoms with van der Waals surface area (Å²) in [6.45, 7) is 0. The number of halogens is 3.